The van der Waals surface area contributed by atoms with Gasteiger partial charge in [0.25, 0.3) is 0 Å². The van der Waals surface area contributed by atoms with E-state index in [-0.39, 0.29) is 0 Å². The fourth-order valence-corrected chi connectivity index (χ4v) is 3.42. The number of carbonyl (C=O) groups excluding carboxylic acids is 1. The number of piperidine rings is 1. The summed E-state index contributed by atoms with van der Waals surface area (Å²) in [6.07, 6.45) is 12.6. The minimum atomic E-state index is 0.419. The van der Waals surface area contributed by atoms with Crippen molar-refractivity contribution in [2.24, 2.45) is 5.92 Å². The molecule has 0 bridgehead atoms. The van der Waals surface area contributed by atoms with Crippen molar-refractivity contribution in [1.29, 1.82) is 0 Å². The van der Waals surface area contributed by atoms with E-state index < -0.39 is 0 Å². The Morgan fingerprint density at radius 3 is 2.47 bits per heavy atom. The minimum Gasteiger partial charge on any atom is -0.340 e. The summed E-state index contributed by atoms with van der Waals surface area (Å²) in [5.41, 5.74) is 0. The Hall–Kier alpha value is -0.530. The highest BCUT2D eigenvalue weighted by atomic mass is 16.2. The lowest BCUT2D eigenvalue weighted by molar-refractivity contribution is -0.134. The van der Waals surface area contributed by atoms with E-state index in [9.17, 15) is 4.79 Å². The molecule has 2 heteroatoms. The normalized spacial score (nSPS) is 27.1. The van der Waals surface area contributed by atoms with Gasteiger partial charge in [-0.05, 0) is 38.5 Å². The molecule has 0 aromatic carbocycles. The van der Waals surface area contributed by atoms with Crippen molar-refractivity contribution in [1.82, 2.24) is 4.90 Å². The zero-order valence-electron chi connectivity index (χ0n) is 11.3. The summed E-state index contributed by atoms with van der Waals surface area (Å²) in [6.45, 7) is 3.21. The van der Waals surface area contributed by atoms with Crippen LogP contribution in [-0.4, -0.2) is 23.4 Å². The second-order valence-corrected chi connectivity index (χ2v) is 5.97. The Bertz CT molecular complexity index is 245. The maximum Gasteiger partial charge on any atom is 0.222 e. The van der Waals surface area contributed by atoms with Gasteiger partial charge < -0.3 is 4.90 Å². The van der Waals surface area contributed by atoms with Crippen molar-refractivity contribution in [2.45, 2.75) is 77.2 Å². The van der Waals surface area contributed by atoms with Crippen molar-refractivity contribution >= 4 is 5.91 Å². The molecular formula is C15H27NO. The molecule has 1 amide bonds. The highest BCUT2D eigenvalue weighted by molar-refractivity contribution is 5.76. The van der Waals surface area contributed by atoms with E-state index in [0.717, 1.165) is 25.3 Å². The average molecular weight is 237 g/mol. The molecule has 0 aromatic rings. The first-order valence-corrected chi connectivity index (χ1v) is 7.57. The molecule has 2 fully saturated rings. The lowest BCUT2D eigenvalue weighted by atomic mass is 9.86. The fraction of sp³-hybridized carbons (Fsp3) is 0.933. The molecule has 17 heavy (non-hydrogen) atoms. The number of amides is 1. The van der Waals surface area contributed by atoms with Gasteiger partial charge in [0.2, 0.25) is 5.91 Å². The van der Waals surface area contributed by atoms with Crippen LogP contribution in [0.4, 0.5) is 0 Å². The van der Waals surface area contributed by atoms with E-state index in [1.165, 1.54) is 51.4 Å². The first-order chi connectivity index (χ1) is 8.27. The van der Waals surface area contributed by atoms with Gasteiger partial charge in [-0.2, -0.15) is 0 Å². The highest BCUT2D eigenvalue weighted by Crippen LogP contribution is 2.28. The first kappa shape index (κ1) is 12.9. The van der Waals surface area contributed by atoms with E-state index in [4.69, 9.17) is 0 Å². The summed E-state index contributed by atoms with van der Waals surface area (Å²) in [4.78, 5) is 14.3. The Labute approximate surface area is 106 Å². The molecule has 0 radical (unpaired) electrons. The zero-order valence-corrected chi connectivity index (χ0v) is 11.3. The summed E-state index contributed by atoms with van der Waals surface area (Å²) < 4.78 is 0. The van der Waals surface area contributed by atoms with Crippen molar-refractivity contribution in [2.75, 3.05) is 6.54 Å². The SMILES string of the molecule is C[C@H]1CCCCN1C(=O)CCC1CCCCC1. The van der Waals surface area contributed by atoms with Crippen molar-refractivity contribution in [3.8, 4) is 0 Å². The van der Waals surface area contributed by atoms with Gasteiger partial charge in [-0.1, -0.05) is 32.1 Å². The second kappa shape index (κ2) is 6.42. The maximum atomic E-state index is 12.2. The van der Waals surface area contributed by atoms with Crippen LogP contribution in [0.15, 0.2) is 0 Å². The zero-order chi connectivity index (χ0) is 12.1. The van der Waals surface area contributed by atoms with Gasteiger partial charge in [0.15, 0.2) is 0 Å². The Balaban J connectivity index is 1.72. The average Bonchev–Trinajstić information content (AvgIpc) is 2.38. The molecule has 1 atom stereocenters. The van der Waals surface area contributed by atoms with Crippen LogP contribution in [0.5, 0.6) is 0 Å². The van der Waals surface area contributed by atoms with E-state index in [1.807, 2.05) is 0 Å². The van der Waals surface area contributed by atoms with Crippen LogP contribution in [0, 0.1) is 5.92 Å². The van der Waals surface area contributed by atoms with Gasteiger partial charge in [-0.25, -0.2) is 0 Å². The molecule has 1 aliphatic heterocycles. The maximum absolute atomic E-state index is 12.2. The van der Waals surface area contributed by atoms with E-state index in [0.29, 0.717) is 11.9 Å². The second-order valence-electron chi connectivity index (χ2n) is 5.97. The minimum absolute atomic E-state index is 0.419. The lowest BCUT2D eigenvalue weighted by Crippen LogP contribution is -2.42. The molecule has 2 aliphatic rings. The van der Waals surface area contributed by atoms with E-state index in [1.54, 1.807) is 0 Å². The Morgan fingerprint density at radius 2 is 1.76 bits per heavy atom. The van der Waals surface area contributed by atoms with Crippen molar-refractivity contribution in [3.05, 3.63) is 0 Å². The van der Waals surface area contributed by atoms with Crippen LogP contribution in [0.2, 0.25) is 0 Å². The number of hydrogen-bond acceptors (Lipinski definition) is 1. The Kier molecular flexibility index (Phi) is 4.87. The fourth-order valence-electron chi connectivity index (χ4n) is 3.42. The summed E-state index contributed by atoms with van der Waals surface area (Å²) in [5, 5.41) is 0. The molecule has 2 nitrogen and oxygen atoms in total. The molecular weight excluding hydrogens is 210 g/mol. The van der Waals surface area contributed by atoms with Crippen LogP contribution in [0.1, 0.15) is 71.1 Å². The number of carbonyl (C=O) groups is 1. The molecule has 0 N–H and O–H groups in total. The molecule has 1 saturated heterocycles. The van der Waals surface area contributed by atoms with Crippen LogP contribution in [0.3, 0.4) is 0 Å². The molecule has 98 valence electrons. The smallest absolute Gasteiger partial charge is 0.222 e. The molecule has 1 saturated carbocycles. The molecule has 1 aliphatic carbocycles. The number of nitrogens with zero attached hydrogens (tertiary/aromatic N) is 1. The third-order valence-electron chi connectivity index (χ3n) is 4.61. The van der Waals surface area contributed by atoms with Gasteiger partial charge in [0.1, 0.15) is 0 Å². The molecule has 0 aromatic heterocycles. The number of likely N-dealkylation sites (tertiary alicyclic amines) is 1. The van der Waals surface area contributed by atoms with Gasteiger partial charge in [0, 0.05) is 19.0 Å². The van der Waals surface area contributed by atoms with Gasteiger partial charge >= 0.3 is 0 Å². The topological polar surface area (TPSA) is 20.3 Å². The van der Waals surface area contributed by atoms with Crippen molar-refractivity contribution in [3.63, 3.8) is 0 Å². The quantitative estimate of drug-likeness (QED) is 0.732. The standard InChI is InChI=1S/C15H27NO/c1-13-7-5-6-12-16(13)15(17)11-10-14-8-3-2-4-9-14/h13-14H,2-12H2,1H3/t13-/m0/s1. The number of hydrogen-bond donors (Lipinski definition) is 0. The third-order valence-corrected chi connectivity index (χ3v) is 4.61. The predicted octanol–water partition coefficient (Wildman–Crippen LogP) is 3.75. The van der Waals surface area contributed by atoms with Gasteiger partial charge in [0.05, 0.1) is 0 Å². The summed E-state index contributed by atoms with van der Waals surface area (Å²) in [6, 6.07) is 0.489. The van der Waals surface area contributed by atoms with E-state index >= 15 is 0 Å². The number of rotatable bonds is 3. The first-order valence-electron chi connectivity index (χ1n) is 7.57. The highest BCUT2D eigenvalue weighted by Gasteiger charge is 2.23. The third kappa shape index (κ3) is 3.72. The largest absolute Gasteiger partial charge is 0.340 e. The van der Waals surface area contributed by atoms with E-state index in [2.05, 4.69) is 11.8 Å². The van der Waals surface area contributed by atoms with Crippen molar-refractivity contribution < 1.29 is 4.79 Å². The predicted molar refractivity (Wildman–Crippen MR) is 70.8 cm³/mol. The summed E-state index contributed by atoms with van der Waals surface area (Å²) in [5.74, 6) is 1.26. The van der Waals surface area contributed by atoms with Crippen LogP contribution >= 0.6 is 0 Å². The molecule has 2 rings (SSSR count). The van der Waals surface area contributed by atoms with Crippen LogP contribution in [0.25, 0.3) is 0 Å². The molecule has 0 unspecified atom stereocenters. The Morgan fingerprint density at radius 1 is 1.06 bits per heavy atom. The molecule has 0 spiro atoms. The van der Waals surface area contributed by atoms with Gasteiger partial charge in [-0.15, -0.1) is 0 Å². The lowest BCUT2D eigenvalue weighted by Gasteiger charge is -2.34. The summed E-state index contributed by atoms with van der Waals surface area (Å²) in [7, 11) is 0. The summed E-state index contributed by atoms with van der Waals surface area (Å²) >= 11 is 0. The monoisotopic (exact) mass is 237 g/mol. The van der Waals surface area contributed by atoms with Crippen LogP contribution < -0.4 is 0 Å². The van der Waals surface area contributed by atoms with Gasteiger partial charge in [-0.3, -0.25) is 4.79 Å². The molecule has 1 heterocycles. The van der Waals surface area contributed by atoms with Crippen LogP contribution in [-0.2, 0) is 4.79 Å².